The maximum Gasteiger partial charge on any atom is 0.493 e. The number of fused-ring (bicyclic) bond motifs is 1. The van der Waals surface area contributed by atoms with Crippen molar-refractivity contribution in [2.45, 2.75) is 19.4 Å². The van der Waals surface area contributed by atoms with E-state index in [0.29, 0.717) is 31.9 Å². The van der Waals surface area contributed by atoms with Crippen molar-refractivity contribution in [2.75, 3.05) is 42.7 Å². The molecule has 10 nitrogen and oxygen atoms in total. The Bertz CT molecular complexity index is 1200. The fourth-order valence-corrected chi connectivity index (χ4v) is 3.82. The molecule has 1 saturated heterocycles. The summed E-state index contributed by atoms with van der Waals surface area (Å²) in [6.07, 6.45) is -6.32. The average Bonchev–Trinajstić information content (AvgIpc) is 3.14. The number of rotatable bonds is 5. The predicted octanol–water partition coefficient (Wildman–Crippen LogP) is 1.43. The second kappa shape index (κ2) is 9.85. The van der Waals surface area contributed by atoms with Crippen molar-refractivity contribution in [3.63, 3.8) is 0 Å². The van der Waals surface area contributed by atoms with E-state index in [-0.39, 0.29) is 24.1 Å². The fraction of sp³-hybridized carbons (Fsp3) is 0.409. The molecule has 1 unspecified atom stereocenters. The number of para-hydroxylation sites is 1. The molecular weight excluding hydrogens is 469 g/mol. The van der Waals surface area contributed by atoms with Crippen LogP contribution in [0.25, 0.3) is 0 Å². The van der Waals surface area contributed by atoms with Gasteiger partial charge in [0.25, 0.3) is 5.56 Å². The molecule has 1 atom stereocenters. The zero-order valence-corrected chi connectivity index (χ0v) is 19.0. The number of piperazine rings is 1. The number of halogens is 3. The zero-order valence-electron chi connectivity index (χ0n) is 19.0. The highest BCUT2D eigenvalue weighted by Gasteiger charge is 2.50. The molecule has 186 valence electrons. The Labute approximate surface area is 198 Å². The van der Waals surface area contributed by atoms with Crippen molar-refractivity contribution in [1.29, 1.82) is 0 Å². The minimum atomic E-state index is -5.26. The molecule has 2 aliphatic heterocycles. The van der Waals surface area contributed by atoms with Crippen molar-refractivity contribution < 1.29 is 27.5 Å². The van der Waals surface area contributed by atoms with Gasteiger partial charge >= 0.3 is 18.2 Å². The highest BCUT2D eigenvalue weighted by molar-refractivity contribution is 5.80. The first-order valence-corrected chi connectivity index (χ1v) is 10.8. The molecule has 2 aliphatic rings. The summed E-state index contributed by atoms with van der Waals surface area (Å²) in [6.45, 7) is 3.54. The van der Waals surface area contributed by atoms with Crippen LogP contribution in [0.1, 0.15) is 6.92 Å². The van der Waals surface area contributed by atoms with Crippen molar-refractivity contribution in [1.82, 2.24) is 19.8 Å². The average molecular weight is 492 g/mol. The standard InChI is InChI=1S/C22H23F3N6O4/c1-3-4-12-30-16-17(27-20(28(2)18(16)32)34-15-8-6-5-7-9-15)31(35-19(33)22(23,24)25)21(30)29-13-10-26-11-14-29/h5-9,21,26H,10-14H2,1-2H3. The Kier molecular flexibility index (Phi) is 6.86. The third-order valence-electron chi connectivity index (χ3n) is 5.46. The van der Waals surface area contributed by atoms with Crippen LogP contribution in [-0.2, 0) is 16.7 Å². The van der Waals surface area contributed by atoms with E-state index in [9.17, 15) is 22.8 Å². The number of carbonyl (C=O) groups is 1. The number of hydrogen-bond donors (Lipinski definition) is 1. The maximum atomic E-state index is 13.4. The van der Waals surface area contributed by atoms with E-state index in [2.05, 4.69) is 22.1 Å². The Morgan fingerprint density at radius 1 is 1.23 bits per heavy atom. The summed E-state index contributed by atoms with van der Waals surface area (Å²) in [6, 6.07) is 8.27. The molecule has 0 amide bonds. The van der Waals surface area contributed by atoms with Crippen LogP contribution in [0.5, 0.6) is 11.8 Å². The summed E-state index contributed by atoms with van der Waals surface area (Å²) in [5.74, 6) is 3.23. The smallest absolute Gasteiger partial charge is 0.425 e. The van der Waals surface area contributed by atoms with Gasteiger partial charge in [-0.2, -0.15) is 18.2 Å². The van der Waals surface area contributed by atoms with Crippen LogP contribution < -0.4 is 25.6 Å². The summed E-state index contributed by atoms with van der Waals surface area (Å²) < 4.78 is 46.4. The second-order valence-electron chi connectivity index (χ2n) is 7.74. The molecule has 1 aromatic carbocycles. The van der Waals surface area contributed by atoms with Crippen LogP contribution in [0.4, 0.5) is 24.7 Å². The van der Waals surface area contributed by atoms with Gasteiger partial charge in [-0.1, -0.05) is 24.1 Å². The van der Waals surface area contributed by atoms with Gasteiger partial charge in [0.05, 0.1) is 6.54 Å². The Morgan fingerprint density at radius 3 is 2.54 bits per heavy atom. The van der Waals surface area contributed by atoms with Crippen LogP contribution in [0, 0.1) is 11.8 Å². The first-order valence-electron chi connectivity index (χ1n) is 10.8. The minimum Gasteiger partial charge on any atom is -0.425 e. The number of hydrogen-bond acceptors (Lipinski definition) is 9. The van der Waals surface area contributed by atoms with Crippen LogP contribution in [0.3, 0.4) is 0 Å². The largest absolute Gasteiger partial charge is 0.493 e. The lowest BCUT2D eigenvalue weighted by Gasteiger charge is -2.40. The van der Waals surface area contributed by atoms with Crippen molar-refractivity contribution >= 4 is 17.5 Å². The molecule has 0 saturated carbocycles. The normalized spacial score (nSPS) is 18.0. The van der Waals surface area contributed by atoms with E-state index in [0.717, 1.165) is 9.63 Å². The molecule has 1 fully saturated rings. The number of benzene rings is 1. The van der Waals surface area contributed by atoms with E-state index in [4.69, 9.17) is 9.57 Å². The summed E-state index contributed by atoms with van der Waals surface area (Å²) in [4.78, 5) is 37.8. The number of aromatic nitrogens is 2. The van der Waals surface area contributed by atoms with Gasteiger partial charge in [0, 0.05) is 33.2 Å². The van der Waals surface area contributed by atoms with Gasteiger partial charge in [0.2, 0.25) is 5.82 Å². The van der Waals surface area contributed by atoms with Gasteiger partial charge in [-0.25, -0.2) is 4.79 Å². The highest BCUT2D eigenvalue weighted by Crippen LogP contribution is 2.39. The quantitative estimate of drug-likeness (QED) is 0.623. The second-order valence-corrected chi connectivity index (χ2v) is 7.74. The van der Waals surface area contributed by atoms with Crippen molar-refractivity contribution in [3.05, 3.63) is 40.7 Å². The predicted molar refractivity (Wildman–Crippen MR) is 120 cm³/mol. The van der Waals surface area contributed by atoms with E-state index < -0.39 is 24.0 Å². The van der Waals surface area contributed by atoms with Crippen LogP contribution in [-0.4, -0.2) is 65.6 Å². The molecule has 2 aromatic rings. The van der Waals surface area contributed by atoms with Crippen molar-refractivity contribution in [2.24, 2.45) is 7.05 Å². The number of ether oxygens (including phenoxy) is 1. The number of nitrogens with one attached hydrogen (secondary N) is 1. The molecule has 0 bridgehead atoms. The van der Waals surface area contributed by atoms with Gasteiger partial charge in [-0.3, -0.25) is 14.3 Å². The number of hydroxylamine groups is 1. The number of anilines is 2. The number of nitrogens with zero attached hydrogens (tertiary/aromatic N) is 5. The SMILES string of the molecule is CC#CCN1c2c(nc(Oc3ccccc3)n(C)c2=O)N(OC(=O)C(F)(F)F)C1N1CCNCC1. The van der Waals surface area contributed by atoms with Crippen molar-refractivity contribution in [3.8, 4) is 23.6 Å². The van der Waals surface area contributed by atoms with E-state index >= 15 is 0 Å². The molecule has 4 rings (SSSR count). The molecule has 1 N–H and O–H groups in total. The van der Waals surface area contributed by atoms with Gasteiger partial charge in [0.1, 0.15) is 5.75 Å². The monoisotopic (exact) mass is 492 g/mol. The fourth-order valence-electron chi connectivity index (χ4n) is 3.82. The Morgan fingerprint density at radius 2 is 1.91 bits per heavy atom. The van der Waals surface area contributed by atoms with Gasteiger partial charge < -0.3 is 19.8 Å². The van der Waals surface area contributed by atoms with Crippen LogP contribution in [0.2, 0.25) is 0 Å². The molecule has 3 heterocycles. The molecule has 0 spiro atoms. The zero-order chi connectivity index (χ0) is 25.2. The summed E-state index contributed by atoms with van der Waals surface area (Å²) in [5, 5.41) is 3.89. The molecule has 1 aromatic heterocycles. The first kappa shape index (κ1) is 24.4. The van der Waals surface area contributed by atoms with E-state index in [1.807, 2.05) is 0 Å². The summed E-state index contributed by atoms with van der Waals surface area (Å²) >= 11 is 0. The summed E-state index contributed by atoms with van der Waals surface area (Å²) in [7, 11) is 1.43. The maximum absolute atomic E-state index is 13.4. The topological polar surface area (TPSA) is 92.2 Å². The lowest BCUT2D eigenvalue weighted by molar-refractivity contribution is -0.203. The molecule has 0 radical (unpaired) electrons. The van der Waals surface area contributed by atoms with Crippen LogP contribution in [0.15, 0.2) is 35.1 Å². The highest BCUT2D eigenvalue weighted by atomic mass is 19.4. The number of alkyl halides is 3. The number of carbonyl (C=O) groups excluding carboxylic acids is 1. The van der Waals surface area contributed by atoms with Gasteiger partial charge in [-0.05, 0) is 19.1 Å². The van der Waals surface area contributed by atoms with Crippen LogP contribution >= 0.6 is 0 Å². The molecule has 0 aliphatic carbocycles. The molecule has 13 heteroatoms. The lowest BCUT2D eigenvalue weighted by atomic mass is 10.3. The van der Waals surface area contributed by atoms with Gasteiger partial charge in [0.15, 0.2) is 12.0 Å². The van der Waals surface area contributed by atoms with E-state index in [1.165, 1.54) is 11.9 Å². The third-order valence-corrected chi connectivity index (χ3v) is 5.46. The van der Waals surface area contributed by atoms with Gasteiger partial charge in [-0.15, -0.1) is 11.0 Å². The Balaban J connectivity index is 1.85. The third kappa shape index (κ3) is 4.89. The molecule has 35 heavy (non-hydrogen) atoms. The minimum absolute atomic E-state index is 0.00598. The summed E-state index contributed by atoms with van der Waals surface area (Å²) in [5.41, 5.74) is -0.640. The molecular formula is C22H23F3N6O4. The lowest BCUT2D eigenvalue weighted by Crippen LogP contribution is -2.61. The first-order chi connectivity index (χ1) is 16.7. The van der Waals surface area contributed by atoms with E-state index in [1.54, 1.807) is 42.2 Å². The Hall–Kier alpha value is -3.76.